The molecule has 2 aromatic rings. The third-order valence-corrected chi connectivity index (χ3v) is 6.35. The minimum atomic E-state index is 0.164. The first-order valence-electron chi connectivity index (χ1n) is 8.53. The normalized spacial score (nSPS) is 19.5. The Labute approximate surface area is 150 Å². The van der Waals surface area contributed by atoms with Crippen LogP contribution in [0.1, 0.15) is 57.9 Å². The van der Waals surface area contributed by atoms with Gasteiger partial charge in [0.25, 0.3) is 0 Å². The molecule has 1 aliphatic carbocycles. The second-order valence-electron chi connectivity index (χ2n) is 6.73. The Balaban J connectivity index is 1.30. The summed E-state index contributed by atoms with van der Waals surface area (Å²) >= 11 is 7.68. The molecule has 126 valence electrons. The number of halogens is 1. The molecule has 1 aliphatic heterocycles. The molecule has 1 aromatic carbocycles. The first-order chi connectivity index (χ1) is 11.7. The number of rotatable bonds is 5. The van der Waals surface area contributed by atoms with Gasteiger partial charge in [0.15, 0.2) is 5.78 Å². The van der Waals surface area contributed by atoms with Crippen LogP contribution in [-0.4, -0.2) is 40.5 Å². The molecule has 0 unspecified atom stereocenters. The zero-order valence-electron chi connectivity index (χ0n) is 13.4. The van der Waals surface area contributed by atoms with Gasteiger partial charge in [0.05, 0.1) is 6.54 Å². The Morgan fingerprint density at radius 3 is 2.21 bits per heavy atom. The molecule has 0 N–H and O–H groups in total. The molecule has 1 saturated heterocycles. The lowest BCUT2D eigenvalue weighted by atomic mass is 9.97. The summed E-state index contributed by atoms with van der Waals surface area (Å²) in [6, 6.07) is 7.15. The molecule has 4 rings (SSSR count). The van der Waals surface area contributed by atoms with Gasteiger partial charge in [0.1, 0.15) is 10.0 Å². The van der Waals surface area contributed by atoms with Gasteiger partial charge in [-0.1, -0.05) is 11.6 Å². The average Bonchev–Trinajstić information content (AvgIpc) is 3.33. The smallest absolute Gasteiger partial charge is 0.176 e. The van der Waals surface area contributed by atoms with Crippen LogP contribution in [0.25, 0.3) is 0 Å². The molecule has 0 radical (unpaired) electrons. The first kappa shape index (κ1) is 16.2. The molecule has 0 spiro atoms. The molecular formula is C18H20ClN3OS. The summed E-state index contributed by atoms with van der Waals surface area (Å²) in [4.78, 5) is 14.6. The van der Waals surface area contributed by atoms with Crippen molar-refractivity contribution in [3.8, 4) is 0 Å². The SMILES string of the molecule is O=C(CN1CCC(c2nnc(C3CC3)s2)CC1)c1ccc(Cl)cc1. The van der Waals surface area contributed by atoms with Crippen molar-refractivity contribution in [2.24, 2.45) is 0 Å². The van der Waals surface area contributed by atoms with Crippen LogP contribution in [0.2, 0.25) is 5.02 Å². The number of aromatic nitrogens is 2. The number of Topliss-reactive ketones (excluding diaryl/α,β-unsaturated/α-hetero) is 1. The summed E-state index contributed by atoms with van der Waals surface area (Å²) in [5, 5.41) is 11.9. The van der Waals surface area contributed by atoms with E-state index in [1.54, 1.807) is 35.6 Å². The summed E-state index contributed by atoms with van der Waals surface area (Å²) in [6.45, 7) is 2.38. The minimum Gasteiger partial charge on any atom is -0.296 e. The molecule has 2 aliphatic rings. The van der Waals surface area contributed by atoms with E-state index in [1.165, 1.54) is 22.9 Å². The maximum Gasteiger partial charge on any atom is 0.176 e. The van der Waals surface area contributed by atoms with Crippen molar-refractivity contribution in [2.75, 3.05) is 19.6 Å². The number of hydrogen-bond acceptors (Lipinski definition) is 5. The number of ketones is 1. The van der Waals surface area contributed by atoms with Gasteiger partial charge in [0, 0.05) is 22.4 Å². The highest BCUT2D eigenvalue weighted by atomic mass is 35.5. The van der Waals surface area contributed by atoms with Gasteiger partial charge in [-0.2, -0.15) is 0 Å². The van der Waals surface area contributed by atoms with Crippen LogP contribution in [0.4, 0.5) is 0 Å². The van der Waals surface area contributed by atoms with Gasteiger partial charge in [-0.05, 0) is 63.0 Å². The number of piperidine rings is 1. The number of carbonyl (C=O) groups excluding carboxylic acids is 1. The zero-order chi connectivity index (χ0) is 16.5. The van der Waals surface area contributed by atoms with Crippen molar-refractivity contribution >= 4 is 28.7 Å². The second kappa shape index (κ2) is 6.90. The Morgan fingerprint density at radius 2 is 1.62 bits per heavy atom. The highest BCUT2D eigenvalue weighted by molar-refractivity contribution is 7.11. The van der Waals surface area contributed by atoms with Gasteiger partial charge in [-0.25, -0.2) is 0 Å². The van der Waals surface area contributed by atoms with Crippen LogP contribution in [0.15, 0.2) is 24.3 Å². The van der Waals surface area contributed by atoms with E-state index in [0.717, 1.165) is 31.5 Å². The maximum absolute atomic E-state index is 12.4. The minimum absolute atomic E-state index is 0.164. The van der Waals surface area contributed by atoms with E-state index in [-0.39, 0.29) is 5.78 Å². The molecule has 1 saturated carbocycles. The van der Waals surface area contributed by atoms with Crippen LogP contribution >= 0.6 is 22.9 Å². The summed E-state index contributed by atoms with van der Waals surface area (Å²) < 4.78 is 0. The molecule has 0 atom stereocenters. The van der Waals surface area contributed by atoms with Gasteiger partial charge >= 0.3 is 0 Å². The van der Waals surface area contributed by atoms with Crippen LogP contribution < -0.4 is 0 Å². The number of benzene rings is 1. The Bertz CT molecular complexity index is 718. The highest BCUT2D eigenvalue weighted by Crippen LogP contribution is 2.43. The first-order valence-corrected chi connectivity index (χ1v) is 9.73. The van der Waals surface area contributed by atoms with Crippen molar-refractivity contribution in [2.45, 2.75) is 37.5 Å². The number of carbonyl (C=O) groups is 1. The monoisotopic (exact) mass is 361 g/mol. The second-order valence-corrected chi connectivity index (χ2v) is 8.21. The van der Waals surface area contributed by atoms with Gasteiger partial charge < -0.3 is 0 Å². The summed E-state index contributed by atoms with van der Waals surface area (Å²) in [5.74, 6) is 1.36. The quantitative estimate of drug-likeness (QED) is 0.751. The van der Waals surface area contributed by atoms with E-state index in [9.17, 15) is 4.79 Å². The van der Waals surface area contributed by atoms with E-state index in [4.69, 9.17) is 11.6 Å². The molecule has 4 nitrogen and oxygen atoms in total. The number of hydrogen-bond donors (Lipinski definition) is 0. The third-order valence-electron chi connectivity index (χ3n) is 4.85. The lowest BCUT2D eigenvalue weighted by Crippen LogP contribution is -2.36. The van der Waals surface area contributed by atoms with E-state index < -0.39 is 0 Å². The van der Waals surface area contributed by atoms with Crippen molar-refractivity contribution in [1.82, 2.24) is 15.1 Å². The van der Waals surface area contributed by atoms with Gasteiger partial charge in [0.2, 0.25) is 0 Å². The molecule has 24 heavy (non-hydrogen) atoms. The predicted molar refractivity (Wildman–Crippen MR) is 96.1 cm³/mol. The summed E-state index contributed by atoms with van der Waals surface area (Å²) in [6.07, 6.45) is 4.68. The number of likely N-dealkylation sites (tertiary alicyclic amines) is 1. The summed E-state index contributed by atoms with van der Waals surface area (Å²) in [5.41, 5.74) is 0.736. The lowest BCUT2D eigenvalue weighted by Gasteiger charge is -2.30. The fourth-order valence-corrected chi connectivity index (χ4v) is 4.48. The molecule has 6 heteroatoms. The van der Waals surface area contributed by atoms with Crippen LogP contribution in [0.5, 0.6) is 0 Å². The molecule has 1 aromatic heterocycles. The Morgan fingerprint density at radius 1 is 1.04 bits per heavy atom. The van der Waals surface area contributed by atoms with Crippen LogP contribution in [0, 0.1) is 0 Å². The van der Waals surface area contributed by atoms with Crippen LogP contribution in [0.3, 0.4) is 0 Å². The maximum atomic E-state index is 12.4. The molecule has 2 fully saturated rings. The van der Waals surface area contributed by atoms with E-state index in [2.05, 4.69) is 15.1 Å². The van der Waals surface area contributed by atoms with Crippen molar-refractivity contribution in [1.29, 1.82) is 0 Å². The fraction of sp³-hybridized carbons (Fsp3) is 0.500. The predicted octanol–water partition coefficient (Wildman–Crippen LogP) is 4.13. The van der Waals surface area contributed by atoms with Crippen molar-refractivity contribution in [3.05, 3.63) is 44.9 Å². The number of nitrogens with zero attached hydrogens (tertiary/aromatic N) is 3. The largest absolute Gasteiger partial charge is 0.296 e. The van der Waals surface area contributed by atoms with Crippen LogP contribution in [-0.2, 0) is 0 Å². The molecular weight excluding hydrogens is 342 g/mol. The third kappa shape index (κ3) is 3.68. The highest BCUT2D eigenvalue weighted by Gasteiger charge is 2.30. The molecule has 0 amide bonds. The van der Waals surface area contributed by atoms with Crippen molar-refractivity contribution in [3.63, 3.8) is 0 Å². The lowest BCUT2D eigenvalue weighted by molar-refractivity contribution is 0.0909. The summed E-state index contributed by atoms with van der Waals surface area (Å²) in [7, 11) is 0. The standard InChI is InChI=1S/C18H20ClN3OS/c19-15-5-3-12(4-6-15)16(23)11-22-9-7-14(8-10-22)18-21-20-17(24-18)13-1-2-13/h3-6,13-14H,1-2,7-11H2. The van der Waals surface area contributed by atoms with E-state index in [1.807, 2.05) is 0 Å². The van der Waals surface area contributed by atoms with E-state index in [0.29, 0.717) is 23.4 Å². The van der Waals surface area contributed by atoms with Crippen molar-refractivity contribution < 1.29 is 4.79 Å². The Kier molecular flexibility index (Phi) is 4.66. The van der Waals surface area contributed by atoms with Gasteiger partial charge in [-0.3, -0.25) is 9.69 Å². The van der Waals surface area contributed by atoms with Gasteiger partial charge in [-0.15, -0.1) is 21.5 Å². The topological polar surface area (TPSA) is 46.1 Å². The molecule has 0 bridgehead atoms. The average molecular weight is 362 g/mol. The molecule has 2 heterocycles. The van der Waals surface area contributed by atoms with E-state index >= 15 is 0 Å². The fourth-order valence-electron chi connectivity index (χ4n) is 3.17. The zero-order valence-corrected chi connectivity index (χ0v) is 15.0. The Hall–Kier alpha value is -1.30.